The predicted octanol–water partition coefficient (Wildman–Crippen LogP) is 5.83. The molecule has 1 aromatic heterocycles. The third-order valence-corrected chi connectivity index (χ3v) is 13.2. The maximum Gasteiger partial charge on any atom is 0.226 e. The molecule has 1 fully saturated rings. The summed E-state index contributed by atoms with van der Waals surface area (Å²) < 4.78 is 12.3. The van der Waals surface area contributed by atoms with E-state index in [0.29, 0.717) is 68.4 Å². The summed E-state index contributed by atoms with van der Waals surface area (Å²) in [5.41, 5.74) is 23.3. The van der Waals surface area contributed by atoms with Crippen LogP contribution in [0.15, 0.2) is 60.7 Å². The first kappa shape index (κ1) is 52.8. The SMILES string of the molecule is Cc1nc(-c2ccc(N3C[C@H](C)C[C@H](C)C3)cc2)nc(C)c1C(=O)C[C@@H](CCN)C(=O)N(C)[C@@H]1C(=O)C[C@@H](C)C(=O)N[C@H](C(=O)CCC#N)Cc2ccc(OCCN)c(c2)-c2cc1ccc2OCCN. The standard InChI is InChI=1S/C54H69N9O7/c1-32-24-33(2)31-63(30-32)41-13-10-38(11-14-41)52-59-35(4)50(36(5)60-52)46(65)29-40(17-19-56)54(68)62(6)51-39-12-16-49(70-23-21-58)43(28-39)42-26-37(9-15-48(42)69-22-20-57)27-44(45(64)8-7-18-55)61-53(67)34(3)25-47(51)66/h9-16,26,28,32-34,40,44,51H,7-8,17,19-25,27,29-31,56-58H2,1-6H3,(H,61,67)/t32-,33+,34-,40-,44+,51+/m1/s1. The van der Waals surface area contributed by atoms with Crippen molar-refractivity contribution < 1.29 is 33.4 Å². The number of anilines is 1. The molecule has 16 nitrogen and oxygen atoms in total. The van der Waals surface area contributed by atoms with Gasteiger partial charge in [0.25, 0.3) is 0 Å². The average Bonchev–Trinajstić information content (AvgIpc) is 3.33. The van der Waals surface area contributed by atoms with Crippen molar-refractivity contribution in [1.29, 1.82) is 5.26 Å². The highest BCUT2D eigenvalue weighted by molar-refractivity contribution is 6.01. The number of aromatic nitrogens is 2. The van der Waals surface area contributed by atoms with Crippen molar-refractivity contribution in [2.75, 3.05) is 57.9 Å². The molecule has 4 aromatic rings. The van der Waals surface area contributed by atoms with Gasteiger partial charge in [-0.15, -0.1) is 0 Å². The molecule has 3 aromatic carbocycles. The minimum atomic E-state index is -1.24. The molecule has 3 heterocycles. The van der Waals surface area contributed by atoms with Gasteiger partial charge >= 0.3 is 0 Å². The van der Waals surface area contributed by atoms with Crippen molar-refractivity contribution in [1.82, 2.24) is 20.2 Å². The molecule has 2 amide bonds. The second-order valence-corrected chi connectivity index (χ2v) is 19.1. The number of ether oxygens (including phenoxy) is 2. The number of likely N-dealkylation sites (N-methyl/N-ethyl adjacent to an activating group) is 1. The number of aryl methyl sites for hydroxylation is 2. The van der Waals surface area contributed by atoms with E-state index in [4.69, 9.17) is 36.6 Å². The second kappa shape index (κ2) is 24.3. The zero-order valence-electron chi connectivity index (χ0n) is 41.5. The normalized spacial score (nSPS) is 19.8. The molecule has 0 unspecified atom stereocenters. The number of carbonyl (C=O) groups is 5. The molecule has 0 spiro atoms. The van der Waals surface area contributed by atoms with Gasteiger partial charge in [-0.2, -0.15) is 5.26 Å². The number of carbonyl (C=O) groups excluding carboxylic acids is 5. The van der Waals surface area contributed by atoms with Crippen LogP contribution in [-0.4, -0.2) is 103 Å². The van der Waals surface area contributed by atoms with Crippen molar-refractivity contribution in [3.63, 3.8) is 0 Å². The molecule has 2 aliphatic rings. The number of rotatable bonds is 18. The van der Waals surface area contributed by atoms with E-state index in [1.807, 2.05) is 24.3 Å². The molecule has 70 heavy (non-hydrogen) atoms. The lowest BCUT2D eigenvalue weighted by molar-refractivity contribution is -0.142. The van der Waals surface area contributed by atoms with Gasteiger partial charge in [-0.05, 0) is 111 Å². The van der Waals surface area contributed by atoms with Crippen LogP contribution >= 0.6 is 0 Å². The van der Waals surface area contributed by atoms with Crippen LogP contribution in [0.25, 0.3) is 22.5 Å². The number of nitriles is 1. The first-order valence-electron chi connectivity index (χ1n) is 24.4. The molecular formula is C54H69N9O7. The summed E-state index contributed by atoms with van der Waals surface area (Å²) in [5, 5.41) is 12.1. The minimum Gasteiger partial charge on any atom is -0.492 e. The molecule has 7 N–H and O–H groups in total. The Morgan fingerprint density at radius 3 is 2.07 bits per heavy atom. The smallest absolute Gasteiger partial charge is 0.226 e. The fraction of sp³-hybridized carbons (Fsp3) is 0.481. The van der Waals surface area contributed by atoms with E-state index in [1.165, 1.54) is 18.4 Å². The van der Waals surface area contributed by atoms with Gasteiger partial charge < -0.3 is 41.8 Å². The fourth-order valence-electron chi connectivity index (χ4n) is 9.91. The number of Topliss-reactive ketones (excluding diaryl/α,β-unsaturated/α-hetero) is 3. The van der Waals surface area contributed by atoms with Crippen LogP contribution < -0.4 is 36.9 Å². The minimum absolute atomic E-state index is 0.0316. The summed E-state index contributed by atoms with van der Waals surface area (Å²) in [4.78, 5) is 84.7. The summed E-state index contributed by atoms with van der Waals surface area (Å²) in [6.07, 6.45) is 0.820. The van der Waals surface area contributed by atoms with E-state index in [9.17, 15) is 29.2 Å². The first-order valence-corrected chi connectivity index (χ1v) is 24.4. The Balaban J connectivity index is 1.35. The fourth-order valence-corrected chi connectivity index (χ4v) is 9.91. The van der Waals surface area contributed by atoms with Gasteiger partial charge in [0.1, 0.15) is 30.8 Å². The molecule has 0 saturated carbocycles. The van der Waals surface area contributed by atoms with Gasteiger partial charge in [0, 0.05) is 93.1 Å². The number of benzene rings is 3. The van der Waals surface area contributed by atoms with Crippen molar-refractivity contribution in [3.05, 3.63) is 88.7 Å². The molecule has 0 radical (unpaired) electrons. The van der Waals surface area contributed by atoms with E-state index in [2.05, 4.69) is 36.2 Å². The summed E-state index contributed by atoms with van der Waals surface area (Å²) in [5.74, 6) is -1.44. The maximum absolute atomic E-state index is 14.9. The van der Waals surface area contributed by atoms with Gasteiger partial charge in [0.15, 0.2) is 23.2 Å². The molecule has 0 aliphatic carbocycles. The molecule has 6 atom stereocenters. The van der Waals surface area contributed by atoms with Crippen molar-refractivity contribution >= 4 is 34.9 Å². The third kappa shape index (κ3) is 12.8. The summed E-state index contributed by atoms with van der Waals surface area (Å²) in [6, 6.07) is 18.5. The Morgan fingerprint density at radius 2 is 1.47 bits per heavy atom. The van der Waals surface area contributed by atoms with E-state index >= 15 is 0 Å². The third-order valence-electron chi connectivity index (χ3n) is 13.2. The number of nitrogens with two attached hydrogens (primary N) is 3. The van der Waals surface area contributed by atoms with Crippen LogP contribution in [0.4, 0.5) is 5.69 Å². The van der Waals surface area contributed by atoms with Gasteiger partial charge in [0.2, 0.25) is 11.8 Å². The van der Waals surface area contributed by atoms with Gasteiger partial charge in [-0.3, -0.25) is 24.0 Å². The topological polar surface area (TPSA) is 250 Å². The van der Waals surface area contributed by atoms with Crippen LogP contribution in [0.2, 0.25) is 0 Å². The molecule has 2 aliphatic heterocycles. The molecule has 6 rings (SSSR count). The predicted molar refractivity (Wildman–Crippen MR) is 269 cm³/mol. The molecule has 1 saturated heterocycles. The summed E-state index contributed by atoms with van der Waals surface area (Å²) >= 11 is 0. The zero-order chi connectivity index (χ0) is 50.6. The van der Waals surface area contributed by atoms with Crippen LogP contribution in [0, 0.1) is 48.9 Å². The molecule has 16 heteroatoms. The quantitative estimate of drug-likeness (QED) is 0.0857. The summed E-state index contributed by atoms with van der Waals surface area (Å²) in [7, 11) is 1.51. The lowest BCUT2D eigenvalue weighted by Crippen LogP contribution is -2.46. The maximum atomic E-state index is 14.9. The second-order valence-electron chi connectivity index (χ2n) is 19.1. The molecule has 4 bridgehead atoms. The number of nitrogens with one attached hydrogen (secondary N) is 1. The van der Waals surface area contributed by atoms with Crippen molar-refractivity contribution in [2.24, 2.45) is 40.9 Å². The van der Waals surface area contributed by atoms with Gasteiger partial charge in [0.05, 0.1) is 29.1 Å². The average molecular weight is 956 g/mol. The number of ketones is 3. The first-order chi connectivity index (χ1) is 33.6. The Kier molecular flexibility index (Phi) is 18.4. The highest BCUT2D eigenvalue weighted by Crippen LogP contribution is 2.41. The van der Waals surface area contributed by atoms with Crippen LogP contribution in [0.3, 0.4) is 0 Å². The Hall–Kier alpha value is -6.54. The number of piperidine rings is 1. The highest BCUT2D eigenvalue weighted by atomic mass is 16.5. The van der Waals surface area contributed by atoms with E-state index in [0.717, 1.165) is 24.3 Å². The van der Waals surface area contributed by atoms with E-state index < -0.39 is 41.5 Å². The van der Waals surface area contributed by atoms with Gasteiger partial charge in [-0.1, -0.05) is 32.9 Å². The molecular weight excluding hydrogens is 887 g/mol. The number of amides is 2. The lowest BCUT2D eigenvalue weighted by atomic mass is 9.88. The molecule has 372 valence electrons. The Bertz CT molecular complexity index is 2540. The Labute approximate surface area is 411 Å². The van der Waals surface area contributed by atoms with Crippen LogP contribution in [-0.2, 0) is 25.6 Å². The zero-order valence-corrected chi connectivity index (χ0v) is 41.5. The highest BCUT2D eigenvalue weighted by Gasteiger charge is 2.37. The Morgan fingerprint density at radius 1 is 0.857 bits per heavy atom. The van der Waals surface area contributed by atoms with Crippen molar-refractivity contribution in [3.8, 4) is 40.1 Å². The van der Waals surface area contributed by atoms with Crippen molar-refractivity contribution in [2.45, 2.75) is 91.6 Å². The number of nitrogens with zero attached hydrogens (tertiary/aromatic N) is 5. The number of hydrogen-bond acceptors (Lipinski definition) is 14. The number of fused-ring (bicyclic) bond motifs is 5. The van der Waals surface area contributed by atoms with E-state index in [1.54, 1.807) is 51.1 Å². The lowest BCUT2D eigenvalue weighted by Gasteiger charge is -2.36. The number of hydrogen-bond donors (Lipinski definition) is 4. The largest absolute Gasteiger partial charge is 0.492 e. The van der Waals surface area contributed by atoms with Gasteiger partial charge in [-0.25, -0.2) is 9.97 Å². The van der Waals surface area contributed by atoms with E-state index in [-0.39, 0.29) is 82.9 Å². The van der Waals surface area contributed by atoms with Crippen LogP contribution in [0.5, 0.6) is 11.5 Å². The van der Waals surface area contributed by atoms with Crippen LogP contribution in [0.1, 0.15) is 98.2 Å². The summed E-state index contributed by atoms with van der Waals surface area (Å²) in [6.45, 7) is 12.5. The monoisotopic (exact) mass is 956 g/mol.